The van der Waals surface area contributed by atoms with E-state index in [0.717, 1.165) is 12.8 Å². The van der Waals surface area contributed by atoms with E-state index in [4.69, 9.17) is 16.6 Å². The van der Waals surface area contributed by atoms with E-state index in [-0.39, 0.29) is 17.2 Å². The summed E-state index contributed by atoms with van der Waals surface area (Å²) in [5.41, 5.74) is 1.00. The number of para-hydroxylation sites is 1. The van der Waals surface area contributed by atoms with E-state index in [1.165, 1.54) is 6.33 Å². The highest BCUT2D eigenvalue weighted by molar-refractivity contribution is 6.35. The van der Waals surface area contributed by atoms with Crippen LogP contribution in [0.3, 0.4) is 0 Å². The zero-order valence-corrected chi connectivity index (χ0v) is 19.5. The van der Waals surface area contributed by atoms with Crippen LogP contribution in [0, 0.1) is 6.92 Å². The van der Waals surface area contributed by atoms with Crippen LogP contribution in [0.15, 0.2) is 64.4 Å². The summed E-state index contributed by atoms with van der Waals surface area (Å²) in [6.45, 7) is 2.41. The van der Waals surface area contributed by atoms with Crippen molar-refractivity contribution >= 4 is 39.4 Å². The molecule has 1 atom stereocenters. The highest BCUT2D eigenvalue weighted by Crippen LogP contribution is 2.37. The third-order valence-electron chi connectivity index (χ3n) is 6.30. The molecule has 6 rings (SSSR count). The van der Waals surface area contributed by atoms with Gasteiger partial charge < -0.3 is 9.88 Å². The molecular weight excluding hydrogens is 466 g/mol. The third-order valence-corrected chi connectivity index (χ3v) is 6.62. The van der Waals surface area contributed by atoms with E-state index < -0.39 is 0 Å². The maximum absolute atomic E-state index is 13.8. The Bertz CT molecular complexity index is 1720. The van der Waals surface area contributed by atoms with Crippen molar-refractivity contribution in [3.05, 3.63) is 92.2 Å². The van der Waals surface area contributed by atoms with Crippen LogP contribution in [0.25, 0.3) is 27.6 Å². The van der Waals surface area contributed by atoms with Crippen LogP contribution in [0.2, 0.25) is 5.02 Å². The lowest BCUT2D eigenvalue weighted by Crippen LogP contribution is -2.33. The van der Waals surface area contributed by atoms with E-state index in [0.29, 0.717) is 56.7 Å². The van der Waals surface area contributed by atoms with Gasteiger partial charge in [-0.05, 0) is 44.0 Å². The molecule has 0 amide bonds. The fourth-order valence-electron chi connectivity index (χ4n) is 4.82. The number of anilines is 1. The Balaban J connectivity index is 1.64. The Hall–Kier alpha value is -4.11. The first-order chi connectivity index (χ1) is 17.0. The lowest BCUT2D eigenvalue weighted by molar-refractivity contribution is 0.633. The van der Waals surface area contributed by atoms with E-state index in [1.807, 2.05) is 35.2 Å². The summed E-state index contributed by atoms with van der Waals surface area (Å²) >= 11 is 6.43. The molecule has 1 N–H and O–H groups in total. The third kappa shape index (κ3) is 3.47. The molecule has 1 fully saturated rings. The predicted octanol–water partition coefficient (Wildman–Crippen LogP) is 3.72. The molecule has 10 heteroatoms. The molecule has 0 spiro atoms. The summed E-state index contributed by atoms with van der Waals surface area (Å²) in [5.74, 6) is 1.57. The summed E-state index contributed by atoms with van der Waals surface area (Å²) in [7, 11) is 0. The number of fused-ring (bicyclic) bond motifs is 2. The number of aryl methyl sites for hydroxylation is 1. The van der Waals surface area contributed by atoms with Crippen LogP contribution in [0.4, 0.5) is 5.82 Å². The molecule has 0 saturated carbocycles. The number of hydrogen-bond donors (Lipinski definition) is 1. The van der Waals surface area contributed by atoms with Gasteiger partial charge in [0.2, 0.25) is 0 Å². The first kappa shape index (κ1) is 21.4. The minimum absolute atomic E-state index is 0.239. The first-order valence-electron chi connectivity index (χ1n) is 11.3. The van der Waals surface area contributed by atoms with Gasteiger partial charge in [0.1, 0.15) is 22.9 Å². The number of aromatic nitrogens is 6. The Morgan fingerprint density at radius 3 is 2.66 bits per heavy atom. The molecule has 0 aliphatic carbocycles. The van der Waals surface area contributed by atoms with Crippen molar-refractivity contribution in [2.75, 3.05) is 11.4 Å². The van der Waals surface area contributed by atoms with Crippen molar-refractivity contribution in [1.82, 2.24) is 29.5 Å². The smallest absolute Gasteiger partial charge is 0.267 e. The Morgan fingerprint density at radius 2 is 1.83 bits per heavy atom. The highest BCUT2D eigenvalue weighted by atomic mass is 35.5. The molecule has 35 heavy (non-hydrogen) atoms. The number of nitrogens with zero attached hydrogens (tertiary/aromatic N) is 6. The standard InChI is InChI=1S/C25H20ClN7O2/c1-14-29-21-20(24(34)28-13-27-21)23(30-14)32-12-6-11-18(32)22-31-17-10-5-9-16(26)19(17)25(35)33(22)15-7-3-2-4-8-15/h2-5,7-10,13,18H,6,11-12H2,1H3,(H,27,28,29,30,34)/t18-/m0/s1. The molecule has 5 aromatic rings. The van der Waals surface area contributed by atoms with Crippen molar-refractivity contribution < 1.29 is 0 Å². The van der Waals surface area contributed by atoms with Gasteiger partial charge in [-0.3, -0.25) is 14.2 Å². The molecule has 0 bridgehead atoms. The van der Waals surface area contributed by atoms with Crippen molar-refractivity contribution in [3.8, 4) is 5.69 Å². The van der Waals surface area contributed by atoms with Crippen molar-refractivity contribution in [2.45, 2.75) is 25.8 Å². The summed E-state index contributed by atoms with van der Waals surface area (Å²) in [6, 6.07) is 14.4. The first-order valence-corrected chi connectivity index (χ1v) is 11.7. The molecule has 1 saturated heterocycles. The average Bonchev–Trinajstić information content (AvgIpc) is 3.33. The van der Waals surface area contributed by atoms with E-state index in [2.05, 4.69) is 19.9 Å². The number of rotatable bonds is 3. The van der Waals surface area contributed by atoms with Crippen molar-refractivity contribution in [1.29, 1.82) is 0 Å². The normalized spacial score (nSPS) is 15.8. The van der Waals surface area contributed by atoms with E-state index in [1.54, 1.807) is 29.7 Å². The average molecular weight is 486 g/mol. The molecular formula is C25H20ClN7O2. The number of hydrogen-bond acceptors (Lipinski definition) is 7. The minimum Gasteiger partial charge on any atom is -0.346 e. The second kappa shape index (κ2) is 8.28. The van der Waals surface area contributed by atoms with Crippen LogP contribution < -0.4 is 16.0 Å². The number of benzene rings is 2. The lowest BCUT2D eigenvalue weighted by atomic mass is 10.1. The minimum atomic E-state index is -0.311. The maximum atomic E-state index is 13.8. The number of halogens is 1. The maximum Gasteiger partial charge on any atom is 0.267 e. The topological polar surface area (TPSA) is 110 Å². The zero-order chi connectivity index (χ0) is 24.1. The zero-order valence-electron chi connectivity index (χ0n) is 18.8. The van der Waals surface area contributed by atoms with Crippen LogP contribution >= 0.6 is 11.6 Å². The van der Waals surface area contributed by atoms with Crippen molar-refractivity contribution in [3.63, 3.8) is 0 Å². The largest absolute Gasteiger partial charge is 0.346 e. The quantitative estimate of drug-likeness (QED) is 0.414. The summed E-state index contributed by atoms with van der Waals surface area (Å²) in [6.07, 6.45) is 2.91. The molecule has 174 valence electrons. The summed E-state index contributed by atoms with van der Waals surface area (Å²) in [4.78, 5) is 49.4. The van der Waals surface area contributed by atoms with Gasteiger partial charge in [0.05, 0.1) is 34.0 Å². The molecule has 0 unspecified atom stereocenters. The second-order valence-electron chi connectivity index (χ2n) is 8.46. The monoisotopic (exact) mass is 485 g/mol. The summed E-state index contributed by atoms with van der Waals surface area (Å²) < 4.78 is 1.62. The molecule has 0 radical (unpaired) electrons. The number of aromatic amines is 1. The van der Waals surface area contributed by atoms with Crippen LogP contribution in [-0.2, 0) is 0 Å². The van der Waals surface area contributed by atoms with E-state index >= 15 is 0 Å². The van der Waals surface area contributed by atoms with Gasteiger partial charge in [0.25, 0.3) is 11.1 Å². The molecule has 3 aromatic heterocycles. The van der Waals surface area contributed by atoms with Crippen molar-refractivity contribution in [2.24, 2.45) is 0 Å². The van der Waals surface area contributed by atoms with Crippen LogP contribution in [-0.4, -0.2) is 36.0 Å². The van der Waals surface area contributed by atoms with Gasteiger partial charge >= 0.3 is 0 Å². The van der Waals surface area contributed by atoms with Gasteiger partial charge in [-0.2, -0.15) is 0 Å². The van der Waals surface area contributed by atoms with Gasteiger partial charge in [-0.1, -0.05) is 35.9 Å². The fraction of sp³-hybridized carbons (Fsp3) is 0.200. The van der Waals surface area contributed by atoms with Crippen LogP contribution in [0.1, 0.15) is 30.5 Å². The fourth-order valence-corrected chi connectivity index (χ4v) is 5.07. The number of nitrogens with one attached hydrogen (secondary N) is 1. The van der Waals surface area contributed by atoms with Gasteiger partial charge in [-0.25, -0.2) is 19.9 Å². The van der Waals surface area contributed by atoms with Gasteiger partial charge in [0.15, 0.2) is 5.65 Å². The highest BCUT2D eigenvalue weighted by Gasteiger charge is 2.34. The lowest BCUT2D eigenvalue weighted by Gasteiger charge is -2.28. The Kier molecular flexibility index (Phi) is 5.07. The molecule has 2 aromatic carbocycles. The second-order valence-corrected chi connectivity index (χ2v) is 8.86. The van der Waals surface area contributed by atoms with Gasteiger partial charge in [0, 0.05) is 6.54 Å². The molecule has 4 heterocycles. The predicted molar refractivity (Wildman–Crippen MR) is 134 cm³/mol. The molecule has 1 aliphatic rings. The van der Waals surface area contributed by atoms with Gasteiger partial charge in [-0.15, -0.1) is 0 Å². The van der Waals surface area contributed by atoms with E-state index in [9.17, 15) is 9.59 Å². The Labute approximate surface area is 204 Å². The molecule has 9 nitrogen and oxygen atoms in total. The molecule has 1 aliphatic heterocycles. The SMILES string of the molecule is Cc1nc(N2CCC[C@H]2c2nc3cccc(Cl)c3c(=O)n2-c2ccccc2)c2c(=O)[nH]cnc2n1. The van der Waals surface area contributed by atoms with Crippen LogP contribution in [0.5, 0.6) is 0 Å². The Morgan fingerprint density at radius 1 is 1.00 bits per heavy atom. The summed E-state index contributed by atoms with van der Waals surface area (Å²) in [5, 5.41) is 1.05. The number of H-pyrrole nitrogens is 1.